The van der Waals surface area contributed by atoms with Crippen molar-refractivity contribution in [3.63, 3.8) is 0 Å². The van der Waals surface area contributed by atoms with Gasteiger partial charge in [0.05, 0.1) is 13.5 Å². The monoisotopic (exact) mass is 208 g/mol. The fourth-order valence-corrected chi connectivity index (χ4v) is 2.65. The zero-order chi connectivity index (χ0) is 10.8. The van der Waals surface area contributed by atoms with Gasteiger partial charge in [-0.25, -0.2) is 0 Å². The van der Waals surface area contributed by atoms with Crippen LogP contribution in [0.5, 0.6) is 0 Å². The van der Waals surface area contributed by atoms with Gasteiger partial charge in [0.15, 0.2) is 5.78 Å². The average molecular weight is 208 g/mol. The molecule has 15 heavy (non-hydrogen) atoms. The first-order valence-electron chi connectivity index (χ1n) is 5.54. The van der Waals surface area contributed by atoms with E-state index in [0.29, 0.717) is 12.8 Å². The fraction of sp³-hybridized carbons (Fsp3) is 0.667. The van der Waals surface area contributed by atoms with Gasteiger partial charge in [0.1, 0.15) is 0 Å². The standard InChI is InChI=1S/C12H16O3/c1-15-12(14)7-8-6-11(13)10-5-3-2-4-9(8)10/h8H,2-7H2,1H3. The summed E-state index contributed by atoms with van der Waals surface area (Å²) in [5, 5.41) is 0. The lowest BCUT2D eigenvalue weighted by Crippen LogP contribution is -2.11. The number of rotatable bonds is 2. The van der Waals surface area contributed by atoms with Crippen molar-refractivity contribution in [1.82, 2.24) is 0 Å². The quantitative estimate of drug-likeness (QED) is 0.652. The molecule has 2 rings (SSSR count). The lowest BCUT2D eigenvalue weighted by Gasteiger charge is -2.17. The first kappa shape index (κ1) is 10.4. The first-order chi connectivity index (χ1) is 7.22. The Morgan fingerprint density at radius 2 is 2.13 bits per heavy atom. The average Bonchev–Trinajstić information content (AvgIpc) is 2.57. The van der Waals surface area contributed by atoms with Gasteiger partial charge >= 0.3 is 5.97 Å². The van der Waals surface area contributed by atoms with Gasteiger partial charge in [-0.05, 0) is 37.2 Å². The van der Waals surface area contributed by atoms with Gasteiger partial charge in [-0.15, -0.1) is 0 Å². The van der Waals surface area contributed by atoms with Gasteiger partial charge in [0, 0.05) is 6.42 Å². The summed E-state index contributed by atoms with van der Waals surface area (Å²) in [5.74, 6) is 0.200. The predicted molar refractivity (Wildman–Crippen MR) is 55.2 cm³/mol. The summed E-state index contributed by atoms with van der Waals surface area (Å²) in [7, 11) is 1.40. The Kier molecular flexibility index (Phi) is 2.89. The topological polar surface area (TPSA) is 43.4 Å². The van der Waals surface area contributed by atoms with Gasteiger partial charge in [-0.1, -0.05) is 5.57 Å². The van der Waals surface area contributed by atoms with Crippen LogP contribution in [0.4, 0.5) is 0 Å². The van der Waals surface area contributed by atoms with Crippen molar-refractivity contribution in [2.75, 3.05) is 7.11 Å². The molecule has 82 valence electrons. The predicted octanol–water partition coefficient (Wildman–Crippen LogP) is 2.01. The van der Waals surface area contributed by atoms with E-state index in [1.54, 1.807) is 0 Å². The third kappa shape index (κ3) is 1.96. The van der Waals surface area contributed by atoms with E-state index in [2.05, 4.69) is 4.74 Å². The molecular weight excluding hydrogens is 192 g/mol. The van der Waals surface area contributed by atoms with E-state index in [9.17, 15) is 9.59 Å². The van der Waals surface area contributed by atoms with Crippen LogP contribution >= 0.6 is 0 Å². The Morgan fingerprint density at radius 1 is 1.40 bits per heavy atom. The normalized spacial score (nSPS) is 25.4. The van der Waals surface area contributed by atoms with Crippen LogP contribution in [0.25, 0.3) is 0 Å². The van der Waals surface area contributed by atoms with Crippen LogP contribution < -0.4 is 0 Å². The highest BCUT2D eigenvalue weighted by molar-refractivity contribution is 5.99. The van der Waals surface area contributed by atoms with Crippen LogP contribution in [0.1, 0.15) is 38.5 Å². The van der Waals surface area contributed by atoms with Crippen molar-refractivity contribution in [2.24, 2.45) is 5.92 Å². The second-order valence-electron chi connectivity index (χ2n) is 4.32. The number of ether oxygens (including phenoxy) is 1. The molecule has 0 heterocycles. The van der Waals surface area contributed by atoms with Gasteiger partial charge in [-0.3, -0.25) is 9.59 Å². The first-order valence-corrected chi connectivity index (χ1v) is 5.54. The molecule has 0 fully saturated rings. The SMILES string of the molecule is COC(=O)CC1CC(=O)C2=C1CCCC2. The molecule has 3 nitrogen and oxygen atoms in total. The number of Topliss-reactive ketones (excluding diaryl/α,β-unsaturated/α-hetero) is 1. The molecule has 1 atom stereocenters. The summed E-state index contributed by atoms with van der Waals surface area (Å²) in [6, 6.07) is 0. The highest BCUT2D eigenvalue weighted by Gasteiger charge is 2.34. The number of carbonyl (C=O) groups is 2. The van der Waals surface area contributed by atoms with Crippen LogP contribution in [0.2, 0.25) is 0 Å². The minimum Gasteiger partial charge on any atom is -0.469 e. The number of allylic oxidation sites excluding steroid dienone is 2. The summed E-state index contributed by atoms with van der Waals surface area (Å²) < 4.78 is 4.65. The summed E-state index contributed by atoms with van der Waals surface area (Å²) in [4.78, 5) is 22.9. The number of ketones is 1. The maximum atomic E-state index is 11.7. The van der Waals surface area contributed by atoms with Crippen LogP contribution in [0.3, 0.4) is 0 Å². The van der Waals surface area contributed by atoms with Gasteiger partial charge in [-0.2, -0.15) is 0 Å². The second-order valence-corrected chi connectivity index (χ2v) is 4.32. The minimum absolute atomic E-state index is 0.139. The highest BCUT2D eigenvalue weighted by atomic mass is 16.5. The van der Waals surface area contributed by atoms with Gasteiger partial charge < -0.3 is 4.74 Å². The van der Waals surface area contributed by atoms with Crippen LogP contribution in [0, 0.1) is 5.92 Å². The maximum absolute atomic E-state index is 11.7. The molecule has 0 N–H and O–H groups in total. The molecule has 3 heteroatoms. The molecule has 0 spiro atoms. The van der Waals surface area contributed by atoms with Crippen LogP contribution in [-0.2, 0) is 14.3 Å². The summed E-state index contributed by atoms with van der Waals surface area (Å²) in [5.41, 5.74) is 2.27. The molecule has 0 aromatic rings. The molecule has 0 saturated heterocycles. The van der Waals surface area contributed by atoms with Crippen molar-refractivity contribution in [1.29, 1.82) is 0 Å². The lowest BCUT2D eigenvalue weighted by molar-refractivity contribution is -0.141. The molecule has 0 aliphatic heterocycles. The molecule has 0 radical (unpaired) electrons. The summed E-state index contributed by atoms with van der Waals surface area (Å²) in [6.45, 7) is 0. The Bertz CT molecular complexity index is 328. The number of carbonyl (C=O) groups excluding carboxylic acids is 2. The van der Waals surface area contributed by atoms with E-state index in [0.717, 1.165) is 31.3 Å². The second kappa shape index (κ2) is 4.17. The molecule has 2 aliphatic rings. The van der Waals surface area contributed by atoms with E-state index in [1.807, 2.05) is 0 Å². The molecule has 0 bridgehead atoms. The zero-order valence-corrected chi connectivity index (χ0v) is 9.04. The van der Waals surface area contributed by atoms with E-state index in [1.165, 1.54) is 12.7 Å². The Hall–Kier alpha value is -1.12. The number of esters is 1. The Balaban J connectivity index is 2.12. The van der Waals surface area contributed by atoms with Crippen LogP contribution in [-0.4, -0.2) is 18.9 Å². The molecule has 2 aliphatic carbocycles. The van der Waals surface area contributed by atoms with E-state index >= 15 is 0 Å². The third-order valence-electron chi connectivity index (χ3n) is 3.41. The van der Waals surface area contributed by atoms with Crippen molar-refractivity contribution in [3.8, 4) is 0 Å². The number of hydrogen-bond acceptors (Lipinski definition) is 3. The summed E-state index contributed by atoms with van der Waals surface area (Å²) in [6.07, 6.45) is 5.11. The van der Waals surface area contributed by atoms with E-state index in [4.69, 9.17) is 0 Å². The van der Waals surface area contributed by atoms with Gasteiger partial charge in [0.25, 0.3) is 0 Å². The largest absolute Gasteiger partial charge is 0.469 e. The smallest absolute Gasteiger partial charge is 0.306 e. The third-order valence-corrected chi connectivity index (χ3v) is 3.41. The summed E-state index contributed by atoms with van der Waals surface area (Å²) >= 11 is 0. The highest BCUT2D eigenvalue weighted by Crippen LogP contribution is 2.40. The molecule has 1 unspecified atom stereocenters. The zero-order valence-electron chi connectivity index (χ0n) is 9.04. The van der Waals surface area contributed by atoms with E-state index in [-0.39, 0.29) is 17.7 Å². The van der Waals surface area contributed by atoms with Crippen molar-refractivity contribution in [3.05, 3.63) is 11.1 Å². The molecule has 0 saturated carbocycles. The van der Waals surface area contributed by atoms with E-state index < -0.39 is 0 Å². The Morgan fingerprint density at radius 3 is 2.87 bits per heavy atom. The lowest BCUT2D eigenvalue weighted by atomic mass is 9.88. The number of methoxy groups -OCH3 is 1. The molecule has 0 aromatic heterocycles. The molecule has 0 amide bonds. The Labute approximate surface area is 89.5 Å². The molecular formula is C12H16O3. The fourth-order valence-electron chi connectivity index (χ4n) is 2.65. The van der Waals surface area contributed by atoms with Crippen LogP contribution in [0.15, 0.2) is 11.1 Å². The maximum Gasteiger partial charge on any atom is 0.306 e. The van der Waals surface area contributed by atoms with Gasteiger partial charge in [0.2, 0.25) is 0 Å². The number of hydrogen-bond donors (Lipinski definition) is 0. The van der Waals surface area contributed by atoms with Crippen molar-refractivity contribution in [2.45, 2.75) is 38.5 Å². The van der Waals surface area contributed by atoms with Crippen molar-refractivity contribution < 1.29 is 14.3 Å². The van der Waals surface area contributed by atoms with Crippen molar-refractivity contribution >= 4 is 11.8 Å². The minimum atomic E-state index is -0.202. The molecule has 0 aromatic carbocycles.